The number of rotatable bonds is 4. The summed E-state index contributed by atoms with van der Waals surface area (Å²) in [5.74, 6) is 0.934. The molecule has 47 heavy (non-hydrogen) atoms. The second-order valence-electron chi connectivity index (χ2n) is 12.1. The summed E-state index contributed by atoms with van der Waals surface area (Å²) in [5.41, 5.74) is 10.2. The second-order valence-corrected chi connectivity index (χ2v) is 12.1. The van der Waals surface area contributed by atoms with Gasteiger partial charge in [0, 0.05) is 45.0 Å². The lowest BCUT2D eigenvalue weighted by Crippen LogP contribution is -1.98. The van der Waals surface area contributed by atoms with Gasteiger partial charge in [-0.05, 0) is 95.7 Å². The van der Waals surface area contributed by atoms with Gasteiger partial charge in [-0.25, -0.2) is 4.98 Å². The molecular weight excluding hydrogens is 573 g/mol. The van der Waals surface area contributed by atoms with Crippen LogP contribution in [0.2, 0.25) is 0 Å². The van der Waals surface area contributed by atoms with Crippen LogP contribution in [0.4, 0.5) is 0 Å². The first kappa shape index (κ1) is 25.9. The van der Waals surface area contributed by atoms with Gasteiger partial charge in [-0.1, -0.05) is 78.9 Å². The van der Waals surface area contributed by atoms with Gasteiger partial charge in [0.2, 0.25) is 0 Å². The zero-order valence-electron chi connectivity index (χ0n) is 25.5. The zero-order chi connectivity index (χ0) is 30.9. The summed E-state index contributed by atoms with van der Waals surface area (Å²) in [6.07, 6.45) is 2.18. The molecule has 0 spiro atoms. The van der Waals surface area contributed by atoms with Gasteiger partial charge in [-0.3, -0.25) is 4.57 Å². The summed E-state index contributed by atoms with van der Waals surface area (Å²) in [6.45, 7) is 0. The molecule has 0 unspecified atom stereocenters. The maximum absolute atomic E-state index is 5.09. The Labute approximate surface area is 271 Å². The third-order valence-corrected chi connectivity index (χ3v) is 9.50. The summed E-state index contributed by atoms with van der Waals surface area (Å²) in [4.78, 5) is 5.09. The summed E-state index contributed by atoms with van der Waals surface area (Å²) in [5, 5.41) is 6.33. The van der Waals surface area contributed by atoms with Crippen molar-refractivity contribution >= 4 is 54.5 Å². The van der Waals surface area contributed by atoms with Crippen LogP contribution >= 0.6 is 0 Å². The topological polar surface area (TPSA) is 27.7 Å². The van der Waals surface area contributed by atoms with Crippen LogP contribution in [0.25, 0.3) is 83.0 Å². The molecule has 0 saturated heterocycles. The van der Waals surface area contributed by atoms with Gasteiger partial charge in [-0.2, -0.15) is 0 Å². The van der Waals surface area contributed by atoms with Crippen LogP contribution in [0.15, 0.2) is 170 Å². The monoisotopic (exact) mass is 600 g/mol. The predicted molar refractivity (Wildman–Crippen MR) is 195 cm³/mol. The van der Waals surface area contributed by atoms with Gasteiger partial charge in [-0.15, -0.1) is 0 Å². The van der Waals surface area contributed by atoms with Gasteiger partial charge in [0.05, 0.1) is 27.6 Å². The van der Waals surface area contributed by atoms with Crippen LogP contribution in [0.1, 0.15) is 0 Å². The summed E-state index contributed by atoms with van der Waals surface area (Å²) in [7, 11) is 0. The van der Waals surface area contributed by atoms with E-state index >= 15 is 0 Å². The molecule has 0 atom stereocenters. The smallest absolute Gasteiger partial charge is 0.145 e. The van der Waals surface area contributed by atoms with Crippen LogP contribution in [-0.2, 0) is 0 Å². The Balaban J connectivity index is 1.15. The first-order valence-electron chi connectivity index (χ1n) is 16.0. The van der Waals surface area contributed by atoms with Crippen molar-refractivity contribution in [3.05, 3.63) is 170 Å². The Kier molecular flexibility index (Phi) is 5.54. The molecule has 0 saturated carbocycles. The van der Waals surface area contributed by atoms with Gasteiger partial charge in [0.15, 0.2) is 0 Å². The molecule has 4 nitrogen and oxygen atoms in total. The first-order valence-corrected chi connectivity index (χ1v) is 16.0. The number of aromatic nitrogens is 4. The number of imidazole rings is 1. The van der Waals surface area contributed by atoms with Crippen molar-refractivity contribution in [2.24, 2.45) is 0 Å². The van der Waals surface area contributed by atoms with E-state index in [-0.39, 0.29) is 0 Å². The average Bonchev–Trinajstić information content (AvgIpc) is 3.85. The molecule has 0 amide bonds. The molecule has 10 rings (SSSR count). The SMILES string of the molecule is c1ccc(-n2ccc3c4ccc5c(c4ccc32)c2ccccc2n5-c2ccc(-c3nc4ccccc4n3-c3ccccc3)cc2)cc1. The molecule has 3 heterocycles. The average molecular weight is 601 g/mol. The maximum atomic E-state index is 5.09. The molecule has 220 valence electrons. The van der Waals surface area contributed by atoms with E-state index in [1.54, 1.807) is 0 Å². The molecule has 0 aliphatic heterocycles. The number of benzene rings is 7. The van der Waals surface area contributed by atoms with E-state index < -0.39 is 0 Å². The van der Waals surface area contributed by atoms with Gasteiger partial charge in [0.1, 0.15) is 5.82 Å². The maximum Gasteiger partial charge on any atom is 0.145 e. The minimum absolute atomic E-state index is 0.934. The lowest BCUT2D eigenvalue weighted by molar-refractivity contribution is 1.10. The zero-order valence-corrected chi connectivity index (χ0v) is 25.5. The van der Waals surface area contributed by atoms with Crippen molar-refractivity contribution < 1.29 is 0 Å². The molecule has 3 aromatic heterocycles. The van der Waals surface area contributed by atoms with Gasteiger partial charge < -0.3 is 9.13 Å². The van der Waals surface area contributed by atoms with E-state index in [1.165, 1.54) is 49.2 Å². The normalized spacial score (nSPS) is 11.8. The fourth-order valence-electron chi connectivity index (χ4n) is 7.41. The summed E-state index contributed by atoms with van der Waals surface area (Å²) in [6, 6.07) is 58.4. The van der Waals surface area contributed by atoms with E-state index in [0.29, 0.717) is 0 Å². The molecule has 10 aromatic rings. The van der Waals surface area contributed by atoms with Crippen molar-refractivity contribution in [1.29, 1.82) is 0 Å². The van der Waals surface area contributed by atoms with Gasteiger partial charge in [0.25, 0.3) is 0 Å². The van der Waals surface area contributed by atoms with Crippen LogP contribution in [-0.4, -0.2) is 18.7 Å². The van der Waals surface area contributed by atoms with Crippen molar-refractivity contribution in [2.45, 2.75) is 0 Å². The molecule has 0 radical (unpaired) electrons. The Morgan fingerprint density at radius 1 is 0.362 bits per heavy atom. The van der Waals surface area contributed by atoms with E-state index in [0.717, 1.165) is 33.8 Å². The van der Waals surface area contributed by atoms with E-state index in [1.807, 2.05) is 6.07 Å². The fourth-order valence-corrected chi connectivity index (χ4v) is 7.41. The van der Waals surface area contributed by atoms with Gasteiger partial charge >= 0.3 is 0 Å². The quantitative estimate of drug-likeness (QED) is 0.197. The highest BCUT2D eigenvalue weighted by Gasteiger charge is 2.18. The number of nitrogens with zero attached hydrogens (tertiary/aromatic N) is 4. The van der Waals surface area contributed by atoms with Crippen LogP contribution in [0.5, 0.6) is 0 Å². The number of para-hydroxylation sites is 5. The lowest BCUT2D eigenvalue weighted by atomic mass is 10.0. The number of fused-ring (bicyclic) bond motifs is 8. The molecular formula is C43H28N4. The third kappa shape index (κ3) is 3.85. The number of hydrogen-bond acceptors (Lipinski definition) is 1. The summed E-state index contributed by atoms with van der Waals surface area (Å²) >= 11 is 0. The fraction of sp³-hybridized carbons (Fsp3) is 0. The summed E-state index contributed by atoms with van der Waals surface area (Å²) < 4.78 is 6.92. The lowest BCUT2D eigenvalue weighted by Gasteiger charge is -2.12. The molecule has 7 aromatic carbocycles. The highest BCUT2D eigenvalue weighted by molar-refractivity contribution is 6.25. The Bertz CT molecular complexity index is 2760. The molecule has 0 aliphatic rings. The Morgan fingerprint density at radius 2 is 1.00 bits per heavy atom. The number of hydrogen-bond donors (Lipinski definition) is 0. The second kappa shape index (κ2) is 10.1. The molecule has 0 fully saturated rings. The predicted octanol–water partition coefficient (Wildman–Crippen LogP) is 10.9. The van der Waals surface area contributed by atoms with E-state index in [9.17, 15) is 0 Å². The minimum Gasteiger partial charge on any atom is -0.317 e. The Morgan fingerprint density at radius 3 is 1.81 bits per heavy atom. The van der Waals surface area contributed by atoms with Crippen molar-refractivity contribution in [2.75, 3.05) is 0 Å². The molecule has 0 bridgehead atoms. The largest absolute Gasteiger partial charge is 0.317 e. The van der Waals surface area contributed by atoms with Crippen LogP contribution in [0, 0.1) is 0 Å². The first-order chi connectivity index (χ1) is 23.3. The van der Waals surface area contributed by atoms with Crippen molar-refractivity contribution in [3.8, 4) is 28.5 Å². The van der Waals surface area contributed by atoms with Crippen LogP contribution < -0.4 is 0 Å². The highest BCUT2D eigenvalue weighted by Crippen LogP contribution is 2.40. The van der Waals surface area contributed by atoms with Crippen molar-refractivity contribution in [3.63, 3.8) is 0 Å². The molecule has 0 N–H and O–H groups in total. The molecule has 0 aliphatic carbocycles. The van der Waals surface area contributed by atoms with E-state index in [4.69, 9.17) is 4.98 Å². The van der Waals surface area contributed by atoms with E-state index in [2.05, 4.69) is 178 Å². The minimum atomic E-state index is 0.934. The highest BCUT2D eigenvalue weighted by atomic mass is 15.1. The molecule has 4 heteroatoms. The van der Waals surface area contributed by atoms with Crippen LogP contribution in [0.3, 0.4) is 0 Å². The Hall–Kier alpha value is -6.39. The third-order valence-electron chi connectivity index (χ3n) is 9.50. The van der Waals surface area contributed by atoms with Crippen molar-refractivity contribution in [1.82, 2.24) is 18.7 Å². The standard InChI is InChI=1S/C43H28N4/c1-3-11-30(12-4-1)45-28-27-34-33-23-26-41-42(35(33)24-25-38(34)45)36-15-7-9-17-39(36)46(41)32-21-19-29(20-22-32)43-44-37-16-8-10-18-40(37)47(43)31-13-5-2-6-14-31/h1-28H.